The third-order valence-corrected chi connectivity index (χ3v) is 3.30. The number of nitrogens with one attached hydrogen (secondary N) is 1. The first-order valence-electron chi connectivity index (χ1n) is 6.12. The van der Waals surface area contributed by atoms with Crippen LogP contribution in [-0.2, 0) is 18.8 Å². The lowest BCUT2D eigenvalue weighted by molar-refractivity contribution is 0.120. The van der Waals surface area contributed by atoms with Crippen molar-refractivity contribution in [3.8, 4) is 6.07 Å². The van der Waals surface area contributed by atoms with Crippen LogP contribution in [0, 0.1) is 11.3 Å². The van der Waals surface area contributed by atoms with Gasteiger partial charge in [-0.15, -0.1) is 0 Å². The number of hydrogen-bond acceptors (Lipinski definition) is 5. The summed E-state index contributed by atoms with van der Waals surface area (Å²) in [5.74, 6) is 0.256. The van der Waals surface area contributed by atoms with Crippen molar-refractivity contribution in [3.05, 3.63) is 26.4 Å². The molecular formula is C12H16N4O3. The molecule has 0 unspecified atom stereocenters. The number of nitrogens with zero attached hydrogens (tertiary/aromatic N) is 3. The summed E-state index contributed by atoms with van der Waals surface area (Å²) in [6.07, 6.45) is 2.01. The van der Waals surface area contributed by atoms with Crippen molar-refractivity contribution in [2.24, 2.45) is 14.1 Å². The van der Waals surface area contributed by atoms with Gasteiger partial charge >= 0.3 is 5.69 Å². The van der Waals surface area contributed by atoms with Crippen LogP contribution in [-0.4, -0.2) is 28.4 Å². The van der Waals surface area contributed by atoms with E-state index in [-0.39, 0.29) is 17.5 Å². The first-order valence-corrected chi connectivity index (χ1v) is 6.12. The van der Waals surface area contributed by atoms with Gasteiger partial charge in [-0.1, -0.05) is 0 Å². The lowest BCUT2D eigenvalue weighted by Crippen LogP contribution is -2.40. The first kappa shape index (κ1) is 13.4. The first-order chi connectivity index (χ1) is 9.06. The maximum absolute atomic E-state index is 11.8. The van der Waals surface area contributed by atoms with Gasteiger partial charge in [-0.05, 0) is 12.8 Å². The molecule has 1 aliphatic heterocycles. The van der Waals surface area contributed by atoms with E-state index >= 15 is 0 Å². The Bertz CT molecular complexity index is 632. The van der Waals surface area contributed by atoms with E-state index in [1.54, 1.807) is 0 Å². The Kier molecular flexibility index (Phi) is 3.71. The van der Waals surface area contributed by atoms with Gasteiger partial charge in [0.2, 0.25) is 0 Å². The number of hydrogen-bond donors (Lipinski definition) is 1. The van der Waals surface area contributed by atoms with Crippen LogP contribution in [0.4, 0.5) is 5.82 Å². The van der Waals surface area contributed by atoms with Crippen LogP contribution in [0.15, 0.2) is 9.59 Å². The Balaban J connectivity index is 2.36. The third kappa shape index (κ3) is 2.39. The van der Waals surface area contributed by atoms with E-state index in [0.29, 0.717) is 6.54 Å². The number of nitriles is 1. The molecule has 0 aromatic carbocycles. The van der Waals surface area contributed by atoms with Crippen LogP contribution in [0.2, 0.25) is 0 Å². The molecule has 1 aromatic heterocycles. The zero-order valence-electron chi connectivity index (χ0n) is 11.0. The van der Waals surface area contributed by atoms with Gasteiger partial charge in [-0.2, -0.15) is 5.26 Å². The highest BCUT2D eigenvalue weighted by molar-refractivity contribution is 5.51. The summed E-state index contributed by atoms with van der Waals surface area (Å²) in [5.41, 5.74) is -1.10. The number of aromatic nitrogens is 2. The second-order valence-corrected chi connectivity index (χ2v) is 4.56. The summed E-state index contributed by atoms with van der Waals surface area (Å²) in [4.78, 5) is 23.7. The molecule has 0 radical (unpaired) electrons. The normalized spacial score (nSPS) is 18.3. The zero-order chi connectivity index (χ0) is 14.0. The lowest BCUT2D eigenvalue weighted by atomic mass is 10.2. The minimum atomic E-state index is -0.583. The maximum Gasteiger partial charge on any atom is 0.332 e. The van der Waals surface area contributed by atoms with E-state index in [1.807, 2.05) is 6.07 Å². The summed E-state index contributed by atoms with van der Waals surface area (Å²) in [6.45, 7) is 1.21. The molecule has 0 amide bonds. The molecule has 0 spiro atoms. The second-order valence-electron chi connectivity index (χ2n) is 4.56. The van der Waals surface area contributed by atoms with Gasteiger partial charge < -0.3 is 10.1 Å². The Morgan fingerprint density at radius 2 is 2.16 bits per heavy atom. The highest BCUT2D eigenvalue weighted by Gasteiger charge is 2.19. The van der Waals surface area contributed by atoms with E-state index in [2.05, 4.69) is 5.32 Å². The Morgan fingerprint density at radius 1 is 1.42 bits per heavy atom. The van der Waals surface area contributed by atoms with E-state index in [0.717, 1.165) is 24.0 Å². The van der Waals surface area contributed by atoms with Gasteiger partial charge in [0.1, 0.15) is 11.9 Å². The molecule has 0 saturated carbocycles. The Labute approximate surface area is 110 Å². The monoisotopic (exact) mass is 264 g/mol. The largest absolute Gasteiger partial charge is 0.376 e. The van der Waals surface area contributed by atoms with Crippen molar-refractivity contribution in [2.45, 2.75) is 18.9 Å². The lowest BCUT2D eigenvalue weighted by Gasteiger charge is -2.16. The molecule has 0 bridgehead atoms. The zero-order valence-corrected chi connectivity index (χ0v) is 11.0. The van der Waals surface area contributed by atoms with Gasteiger partial charge in [0, 0.05) is 27.2 Å². The molecule has 7 nitrogen and oxygen atoms in total. The van der Waals surface area contributed by atoms with Crippen LogP contribution >= 0.6 is 0 Å². The molecule has 1 saturated heterocycles. The molecule has 1 aliphatic rings. The summed E-state index contributed by atoms with van der Waals surface area (Å²) >= 11 is 0. The molecule has 1 N–H and O–H groups in total. The quantitative estimate of drug-likeness (QED) is 0.798. The molecule has 19 heavy (non-hydrogen) atoms. The van der Waals surface area contributed by atoms with Crippen molar-refractivity contribution >= 4 is 5.82 Å². The van der Waals surface area contributed by atoms with Gasteiger partial charge in [0.05, 0.1) is 6.10 Å². The van der Waals surface area contributed by atoms with Crippen LogP contribution in [0.5, 0.6) is 0 Å². The fourth-order valence-corrected chi connectivity index (χ4v) is 2.17. The van der Waals surface area contributed by atoms with Crippen LogP contribution in [0.3, 0.4) is 0 Å². The predicted molar refractivity (Wildman–Crippen MR) is 69.1 cm³/mol. The van der Waals surface area contributed by atoms with E-state index in [9.17, 15) is 9.59 Å². The minimum absolute atomic E-state index is 0.0532. The standard InChI is InChI=1S/C12H16N4O3/c1-15-10(14-7-8-4-3-5-19-8)9(6-13)11(17)16(2)12(15)18/h8,14H,3-5,7H2,1-2H3/t8-/m0/s1. The average molecular weight is 264 g/mol. The molecule has 2 heterocycles. The summed E-state index contributed by atoms with van der Waals surface area (Å²) in [5, 5.41) is 12.1. The molecule has 0 aliphatic carbocycles. The number of rotatable bonds is 3. The molecular weight excluding hydrogens is 248 g/mol. The van der Waals surface area contributed by atoms with E-state index in [4.69, 9.17) is 10.00 Å². The number of ether oxygens (including phenoxy) is 1. The average Bonchev–Trinajstić information content (AvgIpc) is 2.92. The molecule has 2 rings (SSSR count). The van der Waals surface area contributed by atoms with E-state index < -0.39 is 11.2 Å². The van der Waals surface area contributed by atoms with Crippen LogP contribution in [0.1, 0.15) is 18.4 Å². The maximum atomic E-state index is 11.8. The van der Waals surface area contributed by atoms with Crippen molar-refractivity contribution in [2.75, 3.05) is 18.5 Å². The fourth-order valence-electron chi connectivity index (χ4n) is 2.17. The highest BCUT2D eigenvalue weighted by Crippen LogP contribution is 2.14. The molecule has 1 aromatic rings. The van der Waals surface area contributed by atoms with Gasteiger partial charge in [-0.3, -0.25) is 13.9 Å². The molecule has 7 heteroatoms. The summed E-state index contributed by atoms with van der Waals surface area (Å²) < 4.78 is 7.66. The molecule has 1 fully saturated rings. The number of anilines is 1. The molecule has 102 valence electrons. The summed E-state index contributed by atoms with van der Waals surface area (Å²) in [6, 6.07) is 1.85. The topological polar surface area (TPSA) is 89.1 Å². The van der Waals surface area contributed by atoms with Crippen molar-refractivity contribution in [1.29, 1.82) is 5.26 Å². The van der Waals surface area contributed by atoms with Crippen LogP contribution in [0.25, 0.3) is 0 Å². The van der Waals surface area contributed by atoms with Crippen LogP contribution < -0.4 is 16.6 Å². The third-order valence-electron chi connectivity index (χ3n) is 3.30. The fraction of sp³-hybridized carbons (Fsp3) is 0.583. The Morgan fingerprint density at radius 3 is 2.74 bits per heavy atom. The Hall–Kier alpha value is -2.07. The summed E-state index contributed by atoms with van der Waals surface area (Å²) in [7, 11) is 2.88. The minimum Gasteiger partial charge on any atom is -0.376 e. The second kappa shape index (κ2) is 5.28. The van der Waals surface area contributed by atoms with Gasteiger partial charge in [0.25, 0.3) is 5.56 Å². The molecule has 1 atom stereocenters. The highest BCUT2D eigenvalue weighted by atomic mass is 16.5. The van der Waals surface area contributed by atoms with E-state index in [1.165, 1.54) is 18.7 Å². The SMILES string of the molecule is Cn1c(NC[C@@H]2CCCO2)c(C#N)c(=O)n(C)c1=O. The predicted octanol–water partition coefficient (Wildman–Crippen LogP) is -0.453. The van der Waals surface area contributed by atoms with Crippen molar-refractivity contribution in [1.82, 2.24) is 9.13 Å². The van der Waals surface area contributed by atoms with Gasteiger partial charge in [0.15, 0.2) is 5.56 Å². The van der Waals surface area contributed by atoms with Crippen molar-refractivity contribution < 1.29 is 4.74 Å². The van der Waals surface area contributed by atoms with Crippen molar-refractivity contribution in [3.63, 3.8) is 0 Å². The smallest absolute Gasteiger partial charge is 0.332 e. The van der Waals surface area contributed by atoms with Gasteiger partial charge in [-0.25, -0.2) is 4.79 Å².